The Hall–Kier alpha value is -0.620. The highest BCUT2D eigenvalue weighted by atomic mass is 32.2. The summed E-state index contributed by atoms with van der Waals surface area (Å²) < 4.78 is 23.5. The summed E-state index contributed by atoms with van der Waals surface area (Å²) in [5.41, 5.74) is 0. The van der Waals surface area contributed by atoms with Crippen molar-refractivity contribution in [3.05, 3.63) is 0 Å². The molecule has 2 rings (SSSR count). The summed E-state index contributed by atoms with van der Waals surface area (Å²) in [6.07, 6.45) is 2.22. The van der Waals surface area contributed by atoms with Crippen molar-refractivity contribution < 1.29 is 13.2 Å². The van der Waals surface area contributed by atoms with Gasteiger partial charge in [-0.25, -0.2) is 8.42 Å². The zero-order chi connectivity index (χ0) is 12.6. The highest BCUT2D eigenvalue weighted by Gasteiger charge is 2.40. The minimum atomic E-state index is -2.97. The minimum Gasteiger partial charge on any atom is -0.325 e. The summed E-state index contributed by atoms with van der Waals surface area (Å²) in [6, 6.07) is -0.191. The third kappa shape index (κ3) is 2.33. The predicted molar refractivity (Wildman–Crippen MR) is 65.2 cm³/mol. The van der Waals surface area contributed by atoms with Gasteiger partial charge >= 0.3 is 0 Å². The summed E-state index contributed by atoms with van der Waals surface area (Å²) in [6.45, 7) is 4.18. The van der Waals surface area contributed by atoms with Gasteiger partial charge < -0.3 is 4.90 Å². The van der Waals surface area contributed by atoms with E-state index in [0.29, 0.717) is 13.0 Å². The van der Waals surface area contributed by atoms with Crippen LogP contribution in [0.3, 0.4) is 0 Å². The number of hydrogen-bond donors (Lipinski definition) is 1. The van der Waals surface area contributed by atoms with Gasteiger partial charge in [-0.1, -0.05) is 6.92 Å². The summed E-state index contributed by atoms with van der Waals surface area (Å²) in [5.74, 6) is 0.304. The van der Waals surface area contributed by atoms with Crippen LogP contribution in [0.25, 0.3) is 0 Å². The summed E-state index contributed by atoms with van der Waals surface area (Å²) in [7, 11) is -2.97. The van der Waals surface area contributed by atoms with Crippen molar-refractivity contribution in [1.29, 1.82) is 0 Å². The first-order valence-electron chi connectivity index (χ1n) is 6.24. The van der Waals surface area contributed by atoms with Gasteiger partial charge in [-0.3, -0.25) is 10.1 Å². The highest BCUT2D eigenvalue weighted by molar-refractivity contribution is 7.92. The largest absolute Gasteiger partial charge is 0.325 e. The van der Waals surface area contributed by atoms with Crippen LogP contribution in [-0.4, -0.2) is 49.0 Å². The maximum Gasteiger partial charge on any atom is 0.240 e. The van der Waals surface area contributed by atoms with Crippen molar-refractivity contribution in [1.82, 2.24) is 10.2 Å². The second kappa shape index (κ2) is 4.57. The van der Waals surface area contributed by atoms with Gasteiger partial charge in [-0.05, 0) is 26.2 Å². The Bertz CT molecular complexity index is 407. The Morgan fingerprint density at radius 2 is 2.18 bits per heavy atom. The molecule has 17 heavy (non-hydrogen) atoms. The molecule has 2 heterocycles. The van der Waals surface area contributed by atoms with E-state index < -0.39 is 9.84 Å². The molecule has 2 aliphatic rings. The lowest BCUT2D eigenvalue weighted by Gasteiger charge is -2.25. The van der Waals surface area contributed by atoms with Crippen molar-refractivity contribution in [3.63, 3.8) is 0 Å². The molecule has 2 aliphatic heterocycles. The molecule has 0 bridgehead atoms. The Morgan fingerprint density at radius 1 is 1.47 bits per heavy atom. The van der Waals surface area contributed by atoms with Gasteiger partial charge in [0.05, 0.1) is 23.2 Å². The fraction of sp³-hybridized carbons (Fsp3) is 0.909. The Balaban J connectivity index is 2.10. The lowest BCUT2D eigenvalue weighted by Crippen LogP contribution is -2.42. The maximum atomic E-state index is 11.9. The fourth-order valence-electron chi connectivity index (χ4n) is 2.69. The molecular weight excluding hydrogens is 240 g/mol. The zero-order valence-corrected chi connectivity index (χ0v) is 11.2. The van der Waals surface area contributed by atoms with E-state index in [0.717, 1.165) is 12.8 Å². The van der Waals surface area contributed by atoms with E-state index >= 15 is 0 Å². The predicted octanol–water partition coefficient (Wildman–Crippen LogP) is 0.120. The van der Waals surface area contributed by atoms with Crippen LogP contribution in [0.1, 0.15) is 33.1 Å². The number of amides is 1. The standard InChI is InChI=1S/C11H20N2O3S/c1-3-10-12-8(2)11(14)13(10)7-9-5-4-6-17(9,15)16/h8-10,12H,3-7H2,1-2H3. The van der Waals surface area contributed by atoms with Crippen molar-refractivity contribution in [2.45, 2.75) is 50.6 Å². The van der Waals surface area contributed by atoms with Crippen molar-refractivity contribution in [2.75, 3.05) is 12.3 Å². The number of carbonyl (C=O) groups excluding carboxylic acids is 1. The van der Waals surface area contributed by atoms with Gasteiger partial charge in [-0.15, -0.1) is 0 Å². The summed E-state index contributed by atoms with van der Waals surface area (Å²) in [4.78, 5) is 13.6. The molecule has 1 N–H and O–H groups in total. The van der Waals surface area contributed by atoms with E-state index in [9.17, 15) is 13.2 Å². The number of hydrogen-bond acceptors (Lipinski definition) is 4. The topological polar surface area (TPSA) is 66.5 Å². The van der Waals surface area contributed by atoms with Crippen molar-refractivity contribution in [2.24, 2.45) is 0 Å². The Labute approximate surface area is 102 Å². The SMILES string of the molecule is CCC1NC(C)C(=O)N1CC1CCCS1(=O)=O. The molecule has 0 aromatic rings. The van der Waals surface area contributed by atoms with Crippen LogP contribution in [0.15, 0.2) is 0 Å². The number of nitrogens with zero attached hydrogens (tertiary/aromatic N) is 1. The lowest BCUT2D eigenvalue weighted by atomic mass is 10.2. The molecule has 0 radical (unpaired) electrons. The molecule has 5 nitrogen and oxygen atoms in total. The molecule has 1 amide bonds. The van der Waals surface area contributed by atoms with Gasteiger partial charge in [0.25, 0.3) is 0 Å². The van der Waals surface area contributed by atoms with Gasteiger partial charge in [0.2, 0.25) is 5.91 Å². The van der Waals surface area contributed by atoms with Crippen LogP contribution in [0.4, 0.5) is 0 Å². The van der Waals surface area contributed by atoms with E-state index in [1.54, 1.807) is 4.90 Å². The normalized spacial score (nSPS) is 36.7. The van der Waals surface area contributed by atoms with E-state index in [1.165, 1.54) is 0 Å². The second-order valence-corrected chi connectivity index (χ2v) is 7.33. The van der Waals surface area contributed by atoms with Crippen LogP contribution in [0.5, 0.6) is 0 Å². The molecule has 3 atom stereocenters. The second-order valence-electron chi connectivity index (χ2n) is 4.93. The lowest BCUT2D eigenvalue weighted by molar-refractivity contribution is -0.129. The molecule has 0 spiro atoms. The first kappa shape index (κ1) is 12.8. The van der Waals surface area contributed by atoms with Gasteiger partial charge in [0.1, 0.15) is 0 Å². The van der Waals surface area contributed by atoms with E-state index in [-0.39, 0.29) is 29.1 Å². The van der Waals surface area contributed by atoms with Gasteiger partial charge in [0.15, 0.2) is 9.84 Å². The van der Waals surface area contributed by atoms with Crippen molar-refractivity contribution >= 4 is 15.7 Å². The molecule has 2 fully saturated rings. The Morgan fingerprint density at radius 3 is 2.71 bits per heavy atom. The smallest absolute Gasteiger partial charge is 0.240 e. The van der Waals surface area contributed by atoms with Crippen LogP contribution in [-0.2, 0) is 14.6 Å². The molecule has 0 aromatic heterocycles. The maximum absolute atomic E-state index is 11.9. The molecule has 98 valence electrons. The third-order valence-electron chi connectivity index (χ3n) is 3.72. The summed E-state index contributed by atoms with van der Waals surface area (Å²) in [5, 5.41) is 2.83. The van der Waals surface area contributed by atoms with Gasteiger partial charge in [0, 0.05) is 6.54 Å². The van der Waals surface area contributed by atoms with Crippen LogP contribution >= 0.6 is 0 Å². The minimum absolute atomic E-state index is 0.00620. The first-order valence-corrected chi connectivity index (χ1v) is 7.95. The molecule has 0 aromatic carbocycles. The average Bonchev–Trinajstić information content (AvgIpc) is 2.73. The van der Waals surface area contributed by atoms with E-state index in [4.69, 9.17) is 0 Å². The first-order chi connectivity index (χ1) is 7.95. The van der Waals surface area contributed by atoms with Crippen LogP contribution < -0.4 is 5.32 Å². The average molecular weight is 260 g/mol. The molecule has 2 saturated heterocycles. The number of sulfone groups is 1. The number of carbonyl (C=O) groups is 1. The molecule has 3 unspecified atom stereocenters. The summed E-state index contributed by atoms with van der Waals surface area (Å²) >= 11 is 0. The van der Waals surface area contributed by atoms with Crippen LogP contribution in [0.2, 0.25) is 0 Å². The molecular formula is C11H20N2O3S. The number of nitrogens with one attached hydrogen (secondary N) is 1. The van der Waals surface area contributed by atoms with E-state index in [2.05, 4.69) is 5.32 Å². The monoisotopic (exact) mass is 260 g/mol. The molecule has 0 aliphatic carbocycles. The quantitative estimate of drug-likeness (QED) is 0.783. The highest BCUT2D eigenvalue weighted by Crippen LogP contribution is 2.23. The zero-order valence-electron chi connectivity index (χ0n) is 10.3. The Kier molecular flexibility index (Phi) is 3.45. The van der Waals surface area contributed by atoms with Gasteiger partial charge in [-0.2, -0.15) is 0 Å². The third-order valence-corrected chi connectivity index (χ3v) is 5.98. The van der Waals surface area contributed by atoms with Crippen molar-refractivity contribution in [3.8, 4) is 0 Å². The molecule has 6 heteroatoms. The molecule has 0 saturated carbocycles. The fourth-order valence-corrected chi connectivity index (χ4v) is 4.51. The van der Waals surface area contributed by atoms with Crippen LogP contribution in [0, 0.1) is 0 Å². The van der Waals surface area contributed by atoms with E-state index in [1.807, 2.05) is 13.8 Å². The number of rotatable bonds is 3.